The molecule has 2 nitrogen and oxygen atoms in total. The smallest absolute Gasteiger partial charge is 0.392 e. The lowest BCUT2D eigenvalue weighted by atomic mass is 9.33. The lowest BCUT2D eigenvalue weighted by Gasteiger charge is -2.14. The van der Waals surface area contributed by atoms with E-state index in [4.69, 9.17) is 10.0 Å². The molecule has 2 N–H and O–H groups in total. The standard InChI is InChI=1S/C4H11B2O2/c1-4(2,3)5-6(7)8/h7-8H,1-3H3. The minimum atomic E-state index is -1.28. The van der Waals surface area contributed by atoms with Crippen molar-refractivity contribution >= 4 is 14.2 Å². The van der Waals surface area contributed by atoms with E-state index >= 15 is 0 Å². The van der Waals surface area contributed by atoms with Crippen LogP contribution >= 0.6 is 0 Å². The summed E-state index contributed by atoms with van der Waals surface area (Å²) in [6, 6.07) is 0. The molecule has 4 heteroatoms. The van der Waals surface area contributed by atoms with Crippen LogP contribution in [0, 0.1) is 0 Å². The van der Waals surface area contributed by atoms with Crippen LogP contribution in [0.5, 0.6) is 0 Å². The minimum absolute atomic E-state index is 0.103. The number of hydrogen-bond donors (Lipinski definition) is 2. The Bertz CT molecular complexity index is 66.9. The van der Waals surface area contributed by atoms with Crippen LogP contribution in [0.25, 0.3) is 0 Å². The van der Waals surface area contributed by atoms with Crippen molar-refractivity contribution in [1.29, 1.82) is 0 Å². The molecule has 0 aromatic heterocycles. The van der Waals surface area contributed by atoms with Crippen LogP contribution in [0.1, 0.15) is 20.8 Å². The Morgan fingerprint density at radius 2 is 1.62 bits per heavy atom. The third-order valence-electron chi connectivity index (χ3n) is 0.649. The van der Waals surface area contributed by atoms with Crippen molar-refractivity contribution in [3.8, 4) is 0 Å². The number of rotatable bonds is 1. The van der Waals surface area contributed by atoms with Crippen LogP contribution in [0.2, 0.25) is 5.31 Å². The third-order valence-corrected chi connectivity index (χ3v) is 0.649. The fraction of sp³-hybridized carbons (Fsp3) is 1.00. The Morgan fingerprint density at radius 3 is 1.62 bits per heavy atom. The first-order chi connectivity index (χ1) is 3.42. The van der Waals surface area contributed by atoms with Gasteiger partial charge in [-0.15, -0.1) is 0 Å². The molecule has 1 radical (unpaired) electrons. The van der Waals surface area contributed by atoms with Crippen molar-refractivity contribution in [3.05, 3.63) is 0 Å². The second-order valence-corrected chi connectivity index (χ2v) is 2.95. The molecule has 0 heterocycles. The molecular weight excluding hydrogens is 102 g/mol. The van der Waals surface area contributed by atoms with Gasteiger partial charge in [0.05, 0.1) is 0 Å². The van der Waals surface area contributed by atoms with Crippen molar-refractivity contribution in [2.24, 2.45) is 0 Å². The Labute approximate surface area is 51.3 Å². The molecule has 0 saturated heterocycles. The molecule has 0 aliphatic heterocycles. The van der Waals surface area contributed by atoms with Crippen LogP contribution in [0.3, 0.4) is 0 Å². The fourth-order valence-electron chi connectivity index (χ4n) is 0.447. The fourth-order valence-corrected chi connectivity index (χ4v) is 0.447. The summed E-state index contributed by atoms with van der Waals surface area (Å²) in [7, 11) is 0.183. The van der Waals surface area contributed by atoms with E-state index in [0.717, 1.165) is 0 Å². The minimum Gasteiger partial charge on any atom is -0.434 e. The van der Waals surface area contributed by atoms with Crippen LogP contribution in [0.15, 0.2) is 0 Å². The maximum atomic E-state index is 8.39. The van der Waals surface area contributed by atoms with Crippen molar-refractivity contribution in [3.63, 3.8) is 0 Å². The molecular formula is C4H11B2O2. The van der Waals surface area contributed by atoms with Gasteiger partial charge >= 0.3 is 7.01 Å². The van der Waals surface area contributed by atoms with Crippen molar-refractivity contribution in [1.82, 2.24) is 0 Å². The Morgan fingerprint density at radius 1 is 1.25 bits per heavy atom. The maximum absolute atomic E-state index is 8.39. The molecule has 0 fully saturated rings. The van der Waals surface area contributed by atoms with Gasteiger partial charge in [0, 0.05) is 0 Å². The zero-order valence-corrected chi connectivity index (χ0v) is 5.55. The number of hydrogen-bond acceptors (Lipinski definition) is 2. The largest absolute Gasteiger partial charge is 0.434 e. The van der Waals surface area contributed by atoms with Gasteiger partial charge in [0.15, 0.2) is 7.17 Å². The molecule has 45 valence electrons. The van der Waals surface area contributed by atoms with Gasteiger partial charge in [-0.1, -0.05) is 26.1 Å². The topological polar surface area (TPSA) is 40.5 Å². The van der Waals surface area contributed by atoms with Crippen molar-refractivity contribution in [2.75, 3.05) is 0 Å². The summed E-state index contributed by atoms with van der Waals surface area (Å²) in [5.74, 6) is 0. The van der Waals surface area contributed by atoms with Gasteiger partial charge in [-0.25, -0.2) is 0 Å². The zero-order valence-electron chi connectivity index (χ0n) is 5.55. The Kier molecular flexibility index (Phi) is 2.57. The van der Waals surface area contributed by atoms with Crippen LogP contribution in [-0.4, -0.2) is 24.2 Å². The average molecular weight is 113 g/mol. The summed E-state index contributed by atoms with van der Waals surface area (Å²) < 4.78 is 0. The highest BCUT2D eigenvalue weighted by Gasteiger charge is 2.20. The van der Waals surface area contributed by atoms with E-state index in [1.807, 2.05) is 20.8 Å². The van der Waals surface area contributed by atoms with Gasteiger partial charge in [-0.05, 0) is 0 Å². The normalized spacial score (nSPS) is 11.1. The summed E-state index contributed by atoms with van der Waals surface area (Å²) in [5, 5.41) is 16.7. The molecule has 0 amide bonds. The van der Waals surface area contributed by atoms with E-state index in [0.29, 0.717) is 0 Å². The first-order valence-corrected chi connectivity index (χ1v) is 2.64. The summed E-state index contributed by atoms with van der Waals surface area (Å²) in [6.07, 6.45) is 0. The Hall–Kier alpha value is 0.0499. The van der Waals surface area contributed by atoms with E-state index in [9.17, 15) is 0 Å². The monoisotopic (exact) mass is 113 g/mol. The third kappa shape index (κ3) is 6.05. The Balaban J connectivity index is 3.39. The first-order valence-electron chi connectivity index (χ1n) is 2.64. The van der Waals surface area contributed by atoms with Gasteiger partial charge in [0.1, 0.15) is 0 Å². The molecule has 0 saturated carbocycles. The van der Waals surface area contributed by atoms with E-state index in [-0.39, 0.29) is 5.31 Å². The summed E-state index contributed by atoms with van der Waals surface area (Å²) >= 11 is 0. The highest BCUT2D eigenvalue weighted by atomic mass is 16.4. The lowest BCUT2D eigenvalue weighted by Crippen LogP contribution is -2.28. The molecule has 0 aliphatic rings. The molecule has 0 aromatic rings. The second-order valence-electron chi connectivity index (χ2n) is 2.95. The van der Waals surface area contributed by atoms with Gasteiger partial charge in [0.2, 0.25) is 0 Å². The molecule has 0 bridgehead atoms. The summed E-state index contributed by atoms with van der Waals surface area (Å²) in [6.45, 7) is 5.73. The van der Waals surface area contributed by atoms with E-state index in [1.165, 1.54) is 7.17 Å². The van der Waals surface area contributed by atoms with E-state index < -0.39 is 7.01 Å². The highest BCUT2D eigenvalue weighted by Crippen LogP contribution is 2.19. The van der Waals surface area contributed by atoms with Crippen LogP contribution in [0.4, 0.5) is 0 Å². The molecule has 0 atom stereocenters. The molecule has 0 unspecified atom stereocenters. The molecule has 0 rings (SSSR count). The van der Waals surface area contributed by atoms with E-state index in [2.05, 4.69) is 0 Å². The molecule has 0 spiro atoms. The highest BCUT2D eigenvalue weighted by molar-refractivity contribution is 7.05. The van der Waals surface area contributed by atoms with Gasteiger partial charge in [-0.3, -0.25) is 0 Å². The van der Waals surface area contributed by atoms with Crippen LogP contribution < -0.4 is 0 Å². The SMILES string of the molecule is CC(C)(C)[B]B(O)O. The summed E-state index contributed by atoms with van der Waals surface area (Å²) in [4.78, 5) is 0. The lowest BCUT2D eigenvalue weighted by molar-refractivity contribution is 0.431. The van der Waals surface area contributed by atoms with Crippen LogP contribution in [-0.2, 0) is 0 Å². The predicted molar refractivity (Wildman–Crippen MR) is 35.7 cm³/mol. The van der Waals surface area contributed by atoms with Crippen molar-refractivity contribution < 1.29 is 10.0 Å². The predicted octanol–water partition coefficient (Wildman–Crippen LogP) is -0.122. The van der Waals surface area contributed by atoms with Gasteiger partial charge < -0.3 is 10.0 Å². The zero-order chi connectivity index (χ0) is 6.78. The van der Waals surface area contributed by atoms with Gasteiger partial charge in [0.25, 0.3) is 0 Å². The average Bonchev–Trinajstić information content (AvgIpc) is 1.21. The molecule has 8 heavy (non-hydrogen) atoms. The maximum Gasteiger partial charge on any atom is 0.392 e. The first kappa shape index (κ1) is 8.05. The molecule has 0 aromatic carbocycles. The van der Waals surface area contributed by atoms with Gasteiger partial charge in [-0.2, -0.15) is 0 Å². The van der Waals surface area contributed by atoms with Crippen molar-refractivity contribution in [2.45, 2.75) is 26.1 Å². The second kappa shape index (κ2) is 2.55. The van der Waals surface area contributed by atoms with E-state index in [1.54, 1.807) is 0 Å². The summed E-state index contributed by atoms with van der Waals surface area (Å²) in [5.41, 5.74) is 0. The molecule has 0 aliphatic carbocycles. The quantitative estimate of drug-likeness (QED) is 0.465.